The van der Waals surface area contributed by atoms with Gasteiger partial charge in [-0.15, -0.1) is 0 Å². The minimum Gasteiger partial charge on any atom is -0.297 e. The van der Waals surface area contributed by atoms with Gasteiger partial charge in [-0.2, -0.15) is 5.10 Å². The molecule has 4 heterocycles. The van der Waals surface area contributed by atoms with E-state index < -0.39 is 0 Å². The number of aryl methyl sites for hydroxylation is 2. The Labute approximate surface area is 162 Å². The van der Waals surface area contributed by atoms with Gasteiger partial charge in [0.05, 0.1) is 5.69 Å². The molecule has 0 amide bonds. The van der Waals surface area contributed by atoms with Crippen LogP contribution in [0.5, 0.6) is 0 Å². The summed E-state index contributed by atoms with van der Waals surface area (Å²) in [6, 6.07) is 7.60. The fourth-order valence-corrected chi connectivity index (χ4v) is 4.92. The van der Waals surface area contributed by atoms with E-state index in [1.807, 2.05) is 12.1 Å². The predicted molar refractivity (Wildman–Crippen MR) is 106 cm³/mol. The van der Waals surface area contributed by atoms with Crippen molar-refractivity contribution >= 4 is 0 Å². The molecule has 3 aliphatic rings. The van der Waals surface area contributed by atoms with E-state index in [1.54, 1.807) is 12.1 Å². The molecule has 2 bridgehead atoms. The summed E-state index contributed by atoms with van der Waals surface area (Å²) < 4.78 is 15.3. The lowest BCUT2D eigenvalue weighted by atomic mass is 9.94. The average molecular weight is 371 g/mol. The van der Waals surface area contributed by atoms with E-state index in [-0.39, 0.29) is 5.82 Å². The van der Waals surface area contributed by atoms with E-state index in [2.05, 4.69) is 35.3 Å². The molecule has 2 aromatic rings. The zero-order valence-corrected chi connectivity index (χ0v) is 16.8. The van der Waals surface area contributed by atoms with Crippen molar-refractivity contribution < 1.29 is 4.39 Å². The number of rotatable bonds is 5. The summed E-state index contributed by atoms with van der Waals surface area (Å²) in [5.41, 5.74) is 5.12. The summed E-state index contributed by atoms with van der Waals surface area (Å²) in [4.78, 5) is 5.26. The van der Waals surface area contributed by atoms with Crippen LogP contribution in [0.1, 0.15) is 42.3 Å². The molecular formula is C22H31FN4. The zero-order chi connectivity index (χ0) is 19.0. The summed E-state index contributed by atoms with van der Waals surface area (Å²) in [6.45, 7) is 12.8. The van der Waals surface area contributed by atoms with Crippen LogP contribution < -0.4 is 0 Å². The van der Waals surface area contributed by atoms with E-state index in [0.29, 0.717) is 6.04 Å². The first-order valence-corrected chi connectivity index (χ1v) is 10.3. The fraction of sp³-hybridized carbons (Fsp3) is 0.591. The number of piperidine rings is 1. The van der Waals surface area contributed by atoms with Crippen molar-refractivity contribution in [3.8, 4) is 0 Å². The molecular weight excluding hydrogens is 339 g/mol. The fourth-order valence-electron chi connectivity index (χ4n) is 4.92. The van der Waals surface area contributed by atoms with Gasteiger partial charge in [-0.3, -0.25) is 14.5 Å². The number of nitrogens with zero attached hydrogens (tertiary/aromatic N) is 4. The van der Waals surface area contributed by atoms with Gasteiger partial charge in [-0.1, -0.05) is 12.1 Å². The largest absolute Gasteiger partial charge is 0.297 e. The molecule has 3 fully saturated rings. The van der Waals surface area contributed by atoms with Gasteiger partial charge in [0.15, 0.2) is 0 Å². The summed E-state index contributed by atoms with van der Waals surface area (Å²) >= 11 is 0. The van der Waals surface area contributed by atoms with Crippen LogP contribution in [0, 0.1) is 25.6 Å². The van der Waals surface area contributed by atoms with Crippen molar-refractivity contribution in [2.75, 3.05) is 19.6 Å². The lowest BCUT2D eigenvalue weighted by Crippen LogP contribution is -2.43. The number of fused-ring (bicyclic) bond motifs is 4. The number of aromatic nitrogens is 2. The second kappa shape index (κ2) is 7.72. The summed E-state index contributed by atoms with van der Waals surface area (Å²) in [7, 11) is 0. The Hall–Kier alpha value is -1.72. The third-order valence-corrected chi connectivity index (χ3v) is 6.41. The number of benzene rings is 1. The van der Waals surface area contributed by atoms with Crippen LogP contribution in [-0.4, -0.2) is 45.3 Å². The van der Waals surface area contributed by atoms with E-state index in [9.17, 15) is 4.39 Å². The van der Waals surface area contributed by atoms with Gasteiger partial charge in [-0.25, -0.2) is 4.39 Å². The molecule has 5 rings (SSSR count). The maximum Gasteiger partial charge on any atom is 0.123 e. The predicted octanol–water partition coefficient (Wildman–Crippen LogP) is 3.76. The number of halogens is 1. The smallest absolute Gasteiger partial charge is 0.123 e. The Morgan fingerprint density at radius 2 is 1.81 bits per heavy atom. The first-order valence-electron chi connectivity index (χ1n) is 10.3. The van der Waals surface area contributed by atoms with Crippen LogP contribution in [0.3, 0.4) is 0 Å². The second-order valence-corrected chi connectivity index (χ2v) is 8.31. The minimum atomic E-state index is -0.153. The number of hydrogen-bond acceptors (Lipinski definition) is 3. The van der Waals surface area contributed by atoms with Crippen molar-refractivity contribution in [3.05, 3.63) is 52.6 Å². The standard InChI is InChI=1S/C22H31FN4/c1-4-27-17(3)22(16(2)24-27)15-26-13-19-7-10-21(26)14-25(12-19)11-18-5-8-20(23)9-6-18/h5-6,8-9,19,21H,4,7,10-15H2,1-3H3/t19-,21+/m1/s1. The van der Waals surface area contributed by atoms with Gasteiger partial charge in [-0.05, 0) is 57.2 Å². The van der Waals surface area contributed by atoms with Gasteiger partial charge in [0, 0.05) is 56.6 Å². The molecule has 5 heteroatoms. The van der Waals surface area contributed by atoms with Crippen LogP contribution in [-0.2, 0) is 19.6 Å². The zero-order valence-electron chi connectivity index (χ0n) is 16.8. The van der Waals surface area contributed by atoms with E-state index >= 15 is 0 Å². The monoisotopic (exact) mass is 370 g/mol. The van der Waals surface area contributed by atoms with Crippen LogP contribution >= 0.6 is 0 Å². The lowest BCUT2D eigenvalue weighted by Gasteiger charge is -2.36. The Balaban J connectivity index is 1.47. The normalized spacial score (nSPS) is 23.7. The highest BCUT2D eigenvalue weighted by Gasteiger charge is 2.35. The van der Waals surface area contributed by atoms with Gasteiger partial charge >= 0.3 is 0 Å². The van der Waals surface area contributed by atoms with Crippen molar-refractivity contribution in [2.24, 2.45) is 5.92 Å². The van der Waals surface area contributed by atoms with Crippen molar-refractivity contribution in [1.82, 2.24) is 19.6 Å². The highest BCUT2D eigenvalue weighted by molar-refractivity contribution is 5.25. The van der Waals surface area contributed by atoms with Crippen LogP contribution in [0.25, 0.3) is 0 Å². The molecule has 0 unspecified atom stereocenters. The molecule has 27 heavy (non-hydrogen) atoms. The quantitative estimate of drug-likeness (QED) is 0.801. The summed E-state index contributed by atoms with van der Waals surface area (Å²) in [5, 5.41) is 4.71. The van der Waals surface area contributed by atoms with Crippen LogP contribution in [0.2, 0.25) is 0 Å². The molecule has 3 saturated heterocycles. The molecule has 1 aromatic heterocycles. The molecule has 0 spiro atoms. The first kappa shape index (κ1) is 18.6. The summed E-state index contributed by atoms with van der Waals surface area (Å²) in [6.07, 6.45) is 2.61. The lowest BCUT2D eigenvalue weighted by molar-refractivity contribution is 0.122. The van der Waals surface area contributed by atoms with Gasteiger partial charge in [0.25, 0.3) is 0 Å². The topological polar surface area (TPSA) is 24.3 Å². The van der Waals surface area contributed by atoms with E-state index in [1.165, 1.54) is 41.9 Å². The molecule has 3 aliphatic heterocycles. The van der Waals surface area contributed by atoms with Gasteiger partial charge in [0.2, 0.25) is 0 Å². The van der Waals surface area contributed by atoms with E-state index in [0.717, 1.165) is 38.6 Å². The maximum absolute atomic E-state index is 13.2. The first-order chi connectivity index (χ1) is 13.0. The van der Waals surface area contributed by atoms with Crippen LogP contribution in [0.4, 0.5) is 4.39 Å². The Morgan fingerprint density at radius 3 is 2.52 bits per heavy atom. The van der Waals surface area contributed by atoms with Crippen molar-refractivity contribution in [1.29, 1.82) is 0 Å². The van der Waals surface area contributed by atoms with E-state index in [4.69, 9.17) is 5.10 Å². The highest BCUT2D eigenvalue weighted by atomic mass is 19.1. The molecule has 0 N–H and O–H groups in total. The third kappa shape index (κ3) is 3.94. The van der Waals surface area contributed by atoms with Gasteiger partial charge in [0.1, 0.15) is 5.82 Å². The SMILES string of the molecule is CCn1nc(C)c(CN2C[C@@H]3CC[C@H]2CN(Cc2ccc(F)cc2)C3)c1C. The third-order valence-electron chi connectivity index (χ3n) is 6.41. The Bertz CT molecular complexity index is 782. The van der Waals surface area contributed by atoms with Crippen LogP contribution in [0.15, 0.2) is 24.3 Å². The number of hydrogen-bond donors (Lipinski definition) is 0. The summed E-state index contributed by atoms with van der Waals surface area (Å²) in [5.74, 6) is 0.574. The second-order valence-electron chi connectivity index (χ2n) is 8.31. The van der Waals surface area contributed by atoms with Gasteiger partial charge < -0.3 is 0 Å². The molecule has 1 aromatic carbocycles. The molecule has 0 radical (unpaired) electrons. The molecule has 2 atom stereocenters. The molecule has 0 saturated carbocycles. The average Bonchev–Trinajstić information content (AvgIpc) is 2.82. The minimum absolute atomic E-state index is 0.153. The molecule has 0 aliphatic carbocycles. The maximum atomic E-state index is 13.2. The van der Waals surface area contributed by atoms with Crippen molar-refractivity contribution in [3.63, 3.8) is 0 Å². The molecule has 4 nitrogen and oxygen atoms in total. The van der Waals surface area contributed by atoms with Crippen molar-refractivity contribution in [2.45, 2.75) is 59.3 Å². The Kier molecular flexibility index (Phi) is 5.33. The molecule has 146 valence electrons. The highest BCUT2D eigenvalue weighted by Crippen LogP contribution is 2.31. The Morgan fingerprint density at radius 1 is 1.04 bits per heavy atom.